The molecule has 8 heteroatoms. The largest absolute Gasteiger partial charge is 0.396 e. The molecule has 1 aliphatic rings. The van der Waals surface area contributed by atoms with Crippen LogP contribution in [0.25, 0.3) is 0 Å². The Morgan fingerprint density at radius 1 is 1.24 bits per heavy atom. The van der Waals surface area contributed by atoms with E-state index in [0.717, 1.165) is 11.0 Å². The molecule has 0 amide bonds. The lowest BCUT2D eigenvalue weighted by Gasteiger charge is -2.34. The van der Waals surface area contributed by atoms with Crippen molar-refractivity contribution in [3.05, 3.63) is 27.7 Å². The van der Waals surface area contributed by atoms with Crippen LogP contribution in [0.3, 0.4) is 0 Å². The minimum atomic E-state index is -3.55. The van der Waals surface area contributed by atoms with Gasteiger partial charge >= 0.3 is 0 Å². The van der Waals surface area contributed by atoms with E-state index in [-0.39, 0.29) is 16.5 Å². The molecule has 0 spiro atoms. The van der Waals surface area contributed by atoms with Gasteiger partial charge in [0.05, 0.1) is 5.02 Å². The number of sulfonamides is 1. The van der Waals surface area contributed by atoms with E-state index in [1.54, 1.807) is 12.1 Å². The Morgan fingerprint density at radius 2 is 1.90 bits per heavy atom. The minimum Gasteiger partial charge on any atom is -0.396 e. The molecule has 2 rings (SSSR count). The zero-order valence-electron chi connectivity index (χ0n) is 11.5. The van der Waals surface area contributed by atoms with E-state index in [9.17, 15) is 8.42 Å². The summed E-state index contributed by atoms with van der Waals surface area (Å²) in [6.07, 6.45) is 0.714. The maximum absolute atomic E-state index is 12.6. The number of aliphatic hydroxyl groups excluding tert-OH is 1. The standard InChI is InChI=1S/C13H18BrClN2O3S/c14-11-2-3-13(12(15)10-11)21(19,20)17-7-5-16(6-8-17)4-1-9-18/h2-3,10,18H,1,4-9H2. The summed E-state index contributed by atoms with van der Waals surface area (Å²) in [5.41, 5.74) is 0. The monoisotopic (exact) mass is 396 g/mol. The maximum atomic E-state index is 12.6. The number of hydrogen-bond acceptors (Lipinski definition) is 4. The second kappa shape index (κ2) is 7.39. The average Bonchev–Trinajstić information content (AvgIpc) is 2.45. The Kier molecular flexibility index (Phi) is 6.05. The molecule has 1 heterocycles. The SMILES string of the molecule is O=S(=O)(c1ccc(Br)cc1Cl)N1CCN(CCCO)CC1. The summed E-state index contributed by atoms with van der Waals surface area (Å²) in [7, 11) is -3.55. The number of piperazine rings is 1. The first kappa shape index (κ1) is 17.2. The molecule has 21 heavy (non-hydrogen) atoms. The number of rotatable bonds is 5. The van der Waals surface area contributed by atoms with Gasteiger partial charge in [-0.15, -0.1) is 0 Å². The number of benzene rings is 1. The first-order valence-electron chi connectivity index (χ1n) is 6.73. The van der Waals surface area contributed by atoms with Crippen LogP contribution in [0.4, 0.5) is 0 Å². The molecule has 1 aromatic rings. The molecule has 0 bridgehead atoms. The summed E-state index contributed by atoms with van der Waals surface area (Å²) in [6.45, 7) is 3.19. The van der Waals surface area contributed by atoms with Crippen LogP contribution >= 0.6 is 27.5 Å². The van der Waals surface area contributed by atoms with Crippen molar-refractivity contribution >= 4 is 37.6 Å². The molecule has 0 radical (unpaired) electrons. The molecule has 1 N–H and O–H groups in total. The lowest BCUT2D eigenvalue weighted by Crippen LogP contribution is -2.48. The highest BCUT2D eigenvalue weighted by molar-refractivity contribution is 9.10. The lowest BCUT2D eigenvalue weighted by molar-refractivity contribution is 0.171. The molecule has 5 nitrogen and oxygen atoms in total. The van der Waals surface area contributed by atoms with E-state index in [0.29, 0.717) is 32.6 Å². The third-order valence-corrected chi connectivity index (χ3v) is 6.35. The zero-order valence-corrected chi connectivity index (χ0v) is 14.7. The van der Waals surface area contributed by atoms with Crippen molar-refractivity contribution in [1.29, 1.82) is 0 Å². The van der Waals surface area contributed by atoms with Crippen LogP contribution in [0.2, 0.25) is 5.02 Å². The van der Waals surface area contributed by atoms with Crippen LogP contribution in [-0.2, 0) is 10.0 Å². The van der Waals surface area contributed by atoms with Gasteiger partial charge in [0.1, 0.15) is 4.90 Å². The van der Waals surface area contributed by atoms with Crippen molar-refractivity contribution in [3.8, 4) is 0 Å². The highest BCUT2D eigenvalue weighted by Crippen LogP contribution is 2.28. The summed E-state index contributed by atoms with van der Waals surface area (Å²) < 4.78 is 27.4. The van der Waals surface area contributed by atoms with Crippen molar-refractivity contribution in [2.24, 2.45) is 0 Å². The van der Waals surface area contributed by atoms with Crippen LogP contribution < -0.4 is 0 Å². The smallest absolute Gasteiger partial charge is 0.244 e. The fraction of sp³-hybridized carbons (Fsp3) is 0.538. The molecule has 1 aromatic carbocycles. The molecule has 1 saturated heterocycles. The zero-order chi connectivity index (χ0) is 15.5. The first-order valence-corrected chi connectivity index (χ1v) is 9.34. The van der Waals surface area contributed by atoms with Gasteiger partial charge < -0.3 is 10.0 Å². The van der Waals surface area contributed by atoms with Gasteiger partial charge in [-0.3, -0.25) is 0 Å². The van der Waals surface area contributed by atoms with Crippen LogP contribution in [0.5, 0.6) is 0 Å². The fourth-order valence-corrected chi connectivity index (χ4v) is 4.74. The molecule has 0 saturated carbocycles. The number of hydrogen-bond donors (Lipinski definition) is 1. The summed E-state index contributed by atoms with van der Waals surface area (Å²) in [6, 6.07) is 4.79. The molecular formula is C13H18BrClN2O3S. The van der Waals surface area contributed by atoms with Gasteiger partial charge in [0, 0.05) is 43.8 Å². The van der Waals surface area contributed by atoms with Crippen LogP contribution in [0, 0.1) is 0 Å². The molecule has 1 fully saturated rings. The molecular weight excluding hydrogens is 380 g/mol. The van der Waals surface area contributed by atoms with E-state index in [1.165, 1.54) is 10.4 Å². The second-order valence-corrected chi connectivity index (χ2v) is 8.13. The summed E-state index contributed by atoms with van der Waals surface area (Å²) in [4.78, 5) is 2.31. The van der Waals surface area contributed by atoms with Crippen molar-refractivity contribution in [3.63, 3.8) is 0 Å². The van der Waals surface area contributed by atoms with Crippen molar-refractivity contribution < 1.29 is 13.5 Å². The van der Waals surface area contributed by atoms with Gasteiger partial charge in [0.25, 0.3) is 0 Å². The predicted molar refractivity (Wildman–Crippen MR) is 86.1 cm³/mol. The molecule has 0 aliphatic carbocycles. The number of aliphatic hydroxyl groups is 1. The second-order valence-electron chi connectivity index (χ2n) is 4.90. The third kappa shape index (κ3) is 4.18. The fourth-order valence-electron chi connectivity index (χ4n) is 2.31. The number of halogens is 2. The highest BCUT2D eigenvalue weighted by Gasteiger charge is 2.29. The van der Waals surface area contributed by atoms with E-state index in [2.05, 4.69) is 20.8 Å². The van der Waals surface area contributed by atoms with Crippen LogP contribution in [-0.4, -0.2) is 62.1 Å². The van der Waals surface area contributed by atoms with Gasteiger partial charge in [-0.1, -0.05) is 27.5 Å². The number of nitrogens with zero attached hydrogens (tertiary/aromatic N) is 2. The topological polar surface area (TPSA) is 60.9 Å². The normalized spacial score (nSPS) is 18.0. The van der Waals surface area contributed by atoms with Crippen molar-refractivity contribution in [2.45, 2.75) is 11.3 Å². The summed E-state index contributed by atoms with van der Waals surface area (Å²) >= 11 is 9.33. The van der Waals surface area contributed by atoms with Crippen molar-refractivity contribution in [1.82, 2.24) is 9.21 Å². The Balaban J connectivity index is 2.08. The highest BCUT2D eigenvalue weighted by atomic mass is 79.9. The van der Waals surface area contributed by atoms with Crippen LogP contribution in [0.1, 0.15) is 6.42 Å². The Labute approximate surface area is 138 Å². The quantitative estimate of drug-likeness (QED) is 0.823. The Bertz CT molecular complexity index is 589. The van der Waals surface area contributed by atoms with Crippen LogP contribution in [0.15, 0.2) is 27.6 Å². The molecule has 0 unspecified atom stereocenters. The summed E-state index contributed by atoms with van der Waals surface area (Å²) in [5.74, 6) is 0. The molecule has 0 atom stereocenters. The van der Waals surface area contributed by atoms with Gasteiger partial charge in [-0.2, -0.15) is 4.31 Å². The van der Waals surface area contributed by atoms with Gasteiger partial charge in [-0.25, -0.2) is 8.42 Å². The molecule has 0 aromatic heterocycles. The van der Waals surface area contributed by atoms with Gasteiger partial charge in [0.2, 0.25) is 10.0 Å². The molecule has 1 aliphatic heterocycles. The van der Waals surface area contributed by atoms with E-state index in [4.69, 9.17) is 16.7 Å². The Morgan fingerprint density at radius 3 is 2.48 bits per heavy atom. The minimum absolute atomic E-state index is 0.149. The summed E-state index contributed by atoms with van der Waals surface area (Å²) in [5, 5.41) is 9.06. The third-order valence-electron chi connectivity index (χ3n) is 3.48. The van der Waals surface area contributed by atoms with Crippen molar-refractivity contribution in [2.75, 3.05) is 39.3 Å². The predicted octanol–water partition coefficient (Wildman–Crippen LogP) is 1.79. The van der Waals surface area contributed by atoms with E-state index < -0.39 is 10.0 Å². The molecule has 118 valence electrons. The van der Waals surface area contributed by atoms with E-state index >= 15 is 0 Å². The van der Waals surface area contributed by atoms with Gasteiger partial charge in [0.15, 0.2) is 0 Å². The first-order chi connectivity index (χ1) is 9.95. The van der Waals surface area contributed by atoms with E-state index in [1.807, 2.05) is 0 Å². The lowest BCUT2D eigenvalue weighted by atomic mass is 10.3. The average molecular weight is 398 g/mol. The van der Waals surface area contributed by atoms with Gasteiger partial charge in [-0.05, 0) is 24.6 Å². The Hall–Kier alpha value is -0.180. The maximum Gasteiger partial charge on any atom is 0.244 e.